The third-order valence-electron chi connectivity index (χ3n) is 2.26. The minimum Gasteiger partial charge on any atom is -0.383 e. The summed E-state index contributed by atoms with van der Waals surface area (Å²) in [5.41, 5.74) is -0.115. The van der Waals surface area contributed by atoms with Gasteiger partial charge in [0, 0.05) is 26.7 Å². The molecule has 0 saturated carbocycles. The predicted octanol–water partition coefficient (Wildman–Crippen LogP) is 0.365. The van der Waals surface area contributed by atoms with Gasteiger partial charge in [-0.3, -0.25) is 4.79 Å². The summed E-state index contributed by atoms with van der Waals surface area (Å²) in [6.07, 6.45) is 1.40. The second kappa shape index (κ2) is 7.62. The van der Waals surface area contributed by atoms with E-state index in [1.807, 2.05) is 29.6 Å². The van der Waals surface area contributed by atoms with Crippen LogP contribution < -0.4 is 10.9 Å². The molecule has 0 amide bonds. The van der Waals surface area contributed by atoms with Crippen LogP contribution in [-0.4, -0.2) is 55.3 Å². The smallest absolute Gasteiger partial charge is 0.266 e. The highest BCUT2D eigenvalue weighted by Gasteiger charge is 2.04. The molecule has 0 spiro atoms. The lowest BCUT2D eigenvalue weighted by Gasteiger charge is -2.16. The van der Waals surface area contributed by atoms with Crippen molar-refractivity contribution in [2.24, 2.45) is 0 Å². The van der Waals surface area contributed by atoms with Crippen molar-refractivity contribution in [1.29, 1.82) is 0 Å². The van der Waals surface area contributed by atoms with Crippen LogP contribution in [0.3, 0.4) is 0 Å². The van der Waals surface area contributed by atoms with Crippen LogP contribution in [0.15, 0.2) is 11.1 Å². The Kier molecular flexibility index (Phi) is 6.45. The SMILES string of the molecule is COCCN(C)CCNc1nc[nH]c(=O)c1I. The van der Waals surface area contributed by atoms with Crippen LogP contribution in [0.25, 0.3) is 0 Å². The molecule has 0 aliphatic carbocycles. The molecule has 0 radical (unpaired) electrons. The van der Waals surface area contributed by atoms with Gasteiger partial charge in [-0.1, -0.05) is 0 Å². The first-order chi connectivity index (χ1) is 8.15. The van der Waals surface area contributed by atoms with Crippen LogP contribution in [0.2, 0.25) is 0 Å². The summed E-state index contributed by atoms with van der Waals surface area (Å²) < 4.78 is 5.58. The van der Waals surface area contributed by atoms with E-state index >= 15 is 0 Å². The third-order valence-corrected chi connectivity index (χ3v) is 3.26. The van der Waals surface area contributed by atoms with E-state index in [9.17, 15) is 4.79 Å². The van der Waals surface area contributed by atoms with Crippen LogP contribution in [0.4, 0.5) is 5.82 Å². The van der Waals surface area contributed by atoms with E-state index in [1.54, 1.807) is 7.11 Å². The van der Waals surface area contributed by atoms with Gasteiger partial charge in [-0.15, -0.1) is 0 Å². The number of rotatable bonds is 7. The number of methoxy groups -OCH3 is 1. The van der Waals surface area contributed by atoms with E-state index in [4.69, 9.17) is 4.74 Å². The van der Waals surface area contributed by atoms with Crippen molar-refractivity contribution < 1.29 is 4.74 Å². The van der Waals surface area contributed by atoms with Crippen LogP contribution in [-0.2, 0) is 4.74 Å². The van der Waals surface area contributed by atoms with Gasteiger partial charge in [-0.2, -0.15) is 0 Å². The first kappa shape index (κ1) is 14.4. The summed E-state index contributed by atoms with van der Waals surface area (Å²) in [7, 11) is 3.71. The number of hydrogen-bond donors (Lipinski definition) is 2. The molecule has 7 heteroatoms. The summed E-state index contributed by atoms with van der Waals surface area (Å²) in [6.45, 7) is 3.22. The Bertz CT molecular complexity index is 396. The standard InChI is InChI=1S/C10H17IN4O2/c1-15(5-6-17-2)4-3-12-9-8(11)10(16)14-7-13-9/h7H,3-6H2,1-2H3,(H2,12,13,14,16). The molecule has 0 aliphatic heterocycles. The average Bonchev–Trinajstić information content (AvgIpc) is 2.32. The number of ether oxygens (including phenoxy) is 1. The largest absolute Gasteiger partial charge is 0.383 e. The number of nitrogens with one attached hydrogen (secondary N) is 2. The van der Waals surface area contributed by atoms with Crippen LogP contribution in [0.5, 0.6) is 0 Å². The number of aromatic amines is 1. The molecular weight excluding hydrogens is 335 g/mol. The molecule has 0 fully saturated rings. The second-order valence-corrected chi connectivity index (χ2v) is 4.70. The van der Waals surface area contributed by atoms with Gasteiger partial charge in [0.2, 0.25) is 0 Å². The fourth-order valence-electron chi connectivity index (χ4n) is 1.23. The first-order valence-electron chi connectivity index (χ1n) is 5.29. The maximum Gasteiger partial charge on any atom is 0.266 e. The van der Waals surface area contributed by atoms with E-state index in [2.05, 4.69) is 20.2 Å². The van der Waals surface area contributed by atoms with Crippen molar-refractivity contribution in [3.8, 4) is 0 Å². The summed E-state index contributed by atoms with van der Waals surface area (Å²) in [5.74, 6) is 0.634. The van der Waals surface area contributed by atoms with Gasteiger partial charge in [-0.25, -0.2) is 4.98 Å². The summed E-state index contributed by atoms with van der Waals surface area (Å²) >= 11 is 1.98. The van der Waals surface area contributed by atoms with E-state index in [-0.39, 0.29) is 5.56 Å². The normalized spacial score (nSPS) is 10.8. The number of hydrogen-bond acceptors (Lipinski definition) is 5. The monoisotopic (exact) mass is 352 g/mol. The third kappa shape index (κ3) is 5.00. The number of halogens is 1. The van der Waals surface area contributed by atoms with Gasteiger partial charge in [0.05, 0.1) is 12.9 Å². The molecular formula is C10H17IN4O2. The van der Waals surface area contributed by atoms with Crippen molar-refractivity contribution >= 4 is 28.4 Å². The molecule has 0 atom stereocenters. The molecule has 0 aromatic carbocycles. The average molecular weight is 352 g/mol. The Labute approximate surface area is 114 Å². The molecule has 1 heterocycles. The molecule has 0 saturated heterocycles. The van der Waals surface area contributed by atoms with Gasteiger partial charge >= 0.3 is 0 Å². The highest BCUT2D eigenvalue weighted by atomic mass is 127. The first-order valence-corrected chi connectivity index (χ1v) is 6.37. The minimum atomic E-state index is -0.115. The Balaban J connectivity index is 2.36. The molecule has 1 aromatic rings. The molecule has 2 N–H and O–H groups in total. The topological polar surface area (TPSA) is 70.2 Å². The van der Waals surface area contributed by atoms with E-state index in [0.29, 0.717) is 9.39 Å². The summed E-state index contributed by atoms with van der Waals surface area (Å²) in [6, 6.07) is 0. The minimum absolute atomic E-state index is 0.115. The number of nitrogens with zero attached hydrogens (tertiary/aromatic N) is 2. The van der Waals surface area contributed by atoms with Gasteiger partial charge in [0.15, 0.2) is 0 Å². The molecule has 1 rings (SSSR count). The molecule has 17 heavy (non-hydrogen) atoms. The van der Waals surface area contributed by atoms with Crippen molar-refractivity contribution in [3.05, 3.63) is 20.3 Å². The Hall–Kier alpha value is -0.670. The quantitative estimate of drug-likeness (QED) is 0.694. The van der Waals surface area contributed by atoms with E-state index in [0.717, 1.165) is 26.2 Å². The fourth-order valence-corrected chi connectivity index (χ4v) is 1.72. The van der Waals surface area contributed by atoms with Crippen molar-refractivity contribution in [2.75, 3.05) is 45.7 Å². The Morgan fingerprint density at radius 1 is 1.59 bits per heavy atom. The lowest BCUT2D eigenvalue weighted by molar-refractivity contribution is 0.163. The fraction of sp³-hybridized carbons (Fsp3) is 0.600. The number of H-pyrrole nitrogens is 1. The van der Waals surface area contributed by atoms with Crippen molar-refractivity contribution in [3.63, 3.8) is 0 Å². The summed E-state index contributed by atoms with van der Waals surface area (Å²) in [5, 5.41) is 3.14. The lowest BCUT2D eigenvalue weighted by atomic mass is 10.5. The molecule has 0 bridgehead atoms. The molecule has 0 unspecified atom stereocenters. The lowest BCUT2D eigenvalue weighted by Crippen LogP contribution is -2.29. The predicted molar refractivity (Wildman–Crippen MR) is 75.4 cm³/mol. The molecule has 1 aromatic heterocycles. The molecule has 96 valence electrons. The van der Waals surface area contributed by atoms with Crippen LogP contribution >= 0.6 is 22.6 Å². The van der Waals surface area contributed by atoms with Gasteiger partial charge in [0.25, 0.3) is 5.56 Å². The summed E-state index contributed by atoms with van der Waals surface area (Å²) in [4.78, 5) is 20.1. The number of likely N-dealkylation sites (N-methyl/N-ethyl adjacent to an activating group) is 1. The molecule has 6 nitrogen and oxygen atoms in total. The second-order valence-electron chi connectivity index (χ2n) is 3.62. The van der Waals surface area contributed by atoms with Crippen molar-refractivity contribution in [1.82, 2.24) is 14.9 Å². The maximum atomic E-state index is 11.3. The van der Waals surface area contributed by atoms with Gasteiger partial charge in [-0.05, 0) is 29.6 Å². The van der Waals surface area contributed by atoms with Gasteiger partial charge in [0.1, 0.15) is 9.39 Å². The van der Waals surface area contributed by atoms with E-state index < -0.39 is 0 Å². The Morgan fingerprint density at radius 3 is 3.06 bits per heavy atom. The van der Waals surface area contributed by atoms with E-state index in [1.165, 1.54) is 6.33 Å². The van der Waals surface area contributed by atoms with Crippen LogP contribution in [0, 0.1) is 3.57 Å². The zero-order valence-corrected chi connectivity index (χ0v) is 12.2. The number of anilines is 1. The maximum absolute atomic E-state index is 11.3. The van der Waals surface area contributed by atoms with Crippen molar-refractivity contribution in [2.45, 2.75) is 0 Å². The highest BCUT2D eigenvalue weighted by molar-refractivity contribution is 14.1. The highest BCUT2D eigenvalue weighted by Crippen LogP contribution is 2.07. The van der Waals surface area contributed by atoms with Crippen LogP contribution in [0.1, 0.15) is 0 Å². The zero-order valence-electron chi connectivity index (χ0n) is 9.99. The number of aromatic nitrogens is 2. The molecule has 0 aliphatic rings. The zero-order chi connectivity index (χ0) is 12.7. The van der Waals surface area contributed by atoms with Gasteiger partial charge < -0.3 is 19.9 Å². The Morgan fingerprint density at radius 2 is 2.35 bits per heavy atom.